The summed E-state index contributed by atoms with van der Waals surface area (Å²) in [7, 11) is 0. The fraction of sp³-hybridized carbons (Fsp3) is 0.500. The van der Waals surface area contributed by atoms with Crippen molar-refractivity contribution in [3.63, 3.8) is 0 Å². The minimum absolute atomic E-state index is 0.302. The minimum Gasteiger partial charge on any atom is -0.373 e. The van der Waals surface area contributed by atoms with Crippen LogP contribution in [0.5, 0.6) is 0 Å². The van der Waals surface area contributed by atoms with E-state index in [9.17, 15) is 9.59 Å². The molecule has 0 aliphatic carbocycles. The Morgan fingerprint density at radius 2 is 1.86 bits per heavy atom. The molecular weight excluding hydrogens is 282 g/mol. The van der Waals surface area contributed by atoms with Crippen LogP contribution in [-0.2, 0) is 4.74 Å². The SMILES string of the molecule is CCCOC(C)(C)C(C)n1[nH]c(=O)n(-c2ccccc2)c1=O. The first-order valence-electron chi connectivity index (χ1n) is 7.51. The Kier molecular flexibility index (Phi) is 4.71. The lowest BCUT2D eigenvalue weighted by Crippen LogP contribution is -2.40. The highest BCUT2D eigenvalue weighted by molar-refractivity contribution is 5.30. The van der Waals surface area contributed by atoms with Crippen LogP contribution in [0.2, 0.25) is 0 Å². The Bertz CT molecular complexity index is 725. The summed E-state index contributed by atoms with van der Waals surface area (Å²) in [5.74, 6) is 0. The van der Waals surface area contributed by atoms with Crippen molar-refractivity contribution in [3.05, 3.63) is 51.3 Å². The molecule has 1 N–H and O–H groups in total. The lowest BCUT2D eigenvalue weighted by molar-refractivity contribution is -0.0538. The van der Waals surface area contributed by atoms with Crippen LogP contribution >= 0.6 is 0 Å². The first-order valence-corrected chi connectivity index (χ1v) is 7.51. The van der Waals surface area contributed by atoms with Gasteiger partial charge in [-0.2, -0.15) is 0 Å². The molecule has 120 valence electrons. The van der Waals surface area contributed by atoms with E-state index in [-0.39, 0.29) is 6.04 Å². The van der Waals surface area contributed by atoms with Crippen molar-refractivity contribution in [2.24, 2.45) is 0 Å². The molecule has 0 saturated carbocycles. The topological polar surface area (TPSA) is 69.0 Å². The van der Waals surface area contributed by atoms with E-state index in [1.54, 1.807) is 24.3 Å². The molecule has 1 heterocycles. The van der Waals surface area contributed by atoms with Gasteiger partial charge in [0.05, 0.1) is 17.3 Å². The molecule has 6 heteroatoms. The van der Waals surface area contributed by atoms with Gasteiger partial charge in [-0.25, -0.2) is 23.9 Å². The second-order valence-corrected chi connectivity index (χ2v) is 5.87. The molecule has 0 saturated heterocycles. The number of ether oxygens (including phenoxy) is 1. The van der Waals surface area contributed by atoms with Gasteiger partial charge in [0.25, 0.3) is 0 Å². The minimum atomic E-state index is -0.564. The fourth-order valence-corrected chi connectivity index (χ4v) is 2.26. The van der Waals surface area contributed by atoms with E-state index in [1.165, 1.54) is 4.68 Å². The van der Waals surface area contributed by atoms with E-state index >= 15 is 0 Å². The molecule has 0 fully saturated rings. The number of nitrogens with zero attached hydrogens (tertiary/aromatic N) is 2. The van der Waals surface area contributed by atoms with Gasteiger partial charge in [-0.15, -0.1) is 0 Å². The molecule has 0 bridgehead atoms. The molecule has 6 nitrogen and oxygen atoms in total. The number of para-hydroxylation sites is 1. The zero-order chi connectivity index (χ0) is 16.3. The highest BCUT2D eigenvalue weighted by Gasteiger charge is 2.30. The highest BCUT2D eigenvalue weighted by atomic mass is 16.5. The van der Waals surface area contributed by atoms with Gasteiger partial charge in [0, 0.05) is 6.61 Å². The molecule has 0 spiro atoms. The number of hydrogen-bond acceptors (Lipinski definition) is 3. The Balaban J connectivity index is 2.43. The van der Waals surface area contributed by atoms with Gasteiger partial charge in [-0.05, 0) is 39.3 Å². The van der Waals surface area contributed by atoms with Gasteiger partial charge in [0.2, 0.25) is 0 Å². The third-order valence-corrected chi connectivity index (χ3v) is 3.90. The number of rotatable bonds is 6. The zero-order valence-corrected chi connectivity index (χ0v) is 13.5. The Morgan fingerprint density at radius 3 is 2.45 bits per heavy atom. The Morgan fingerprint density at radius 1 is 1.23 bits per heavy atom. The summed E-state index contributed by atoms with van der Waals surface area (Å²) in [6.45, 7) is 8.33. The van der Waals surface area contributed by atoms with Gasteiger partial charge >= 0.3 is 11.4 Å². The highest BCUT2D eigenvalue weighted by Crippen LogP contribution is 2.24. The maximum Gasteiger partial charge on any atom is 0.351 e. The molecule has 0 aliphatic heterocycles. The van der Waals surface area contributed by atoms with Gasteiger partial charge in [-0.1, -0.05) is 25.1 Å². The van der Waals surface area contributed by atoms with Crippen LogP contribution in [0.3, 0.4) is 0 Å². The van der Waals surface area contributed by atoms with Crippen molar-refractivity contribution < 1.29 is 4.74 Å². The second-order valence-electron chi connectivity index (χ2n) is 5.87. The normalized spacial score (nSPS) is 13.3. The van der Waals surface area contributed by atoms with Crippen LogP contribution in [-0.4, -0.2) is 26.6 Å². The Hall–Kier alpha value is -2.08. The van der Waals surface area contributed by atoms with Crippen LogP contribution in [0.1, 0.15) is 40.2 Å². The number of aromatic amines is 1. The molecule has 0 aliphatic rings. The van der Waals surface area contributed by atoms with Crippen LogP contribution in [0, 0.1) is 0 Å². The van der Waals surface area contributed by atoms with Gasteiger partial charge < -0.3 is 4.74 Å². The number of nitrogens with one attached hydrogen (secondary N) is 1. The summed E-state index contributed by atoms with van der Waals surface area (Å²) in [5, 5.41) is 2.63. The number of H-pyrrole nitrogens is 1. The summed E-state index contributed by atoms with van der Waals surface area (Å²) in [6, 6.07) is 8.56. The lowest BCUT2D eigenvalue weighted by Gasteiger charge is -2.31. The smallest absolute Gasteiger partial charge is 0.351 e. The predicted octanol–water partition coefficient (Wildman–Crippen LogP) is 2.09. The van der Waals surface area contributed by atoms with E-state index in [0.29, 0.717) is 12.3 Å². The summed E-state index contributed by atoms with van der Waals surface area (Å²) in [6.07, 6.45) is 0.895. The molecule has 22 heavy (non-hydrogen) atoms. The first kappa shape index (κ1) is 16.3. The van der Waals surface area contributed by atoms with Gasteiger partial charge in [0.15, 0.2) is 0 Å². The lowest BCUT2D eigenvalue weighted by atomic mass is 10.0. The van der Waals surface area contributed by atoms with Crippen LogP contribution < -0.4 is 11.4 Å². The summed E-state index contributed by atoms with van der Waals surface area (Å²) in [5.41, 5.74) is -0.857. The second kappa shape index (κ2) is 6.36. The van der Waals surface area contributed by atoms with Crippen molar-refractivity contribution in [2.75, 3.05) is 6.61 Å². The Labute approximate surface area is 129 Å². The monoisotopic (exact) mass is 305 g/mol. The summed E-state index contributed by atoms with van der Waals surface area (Å²) in [4.78, 5) is 24.7. The molecule has 2 rings (SSSR count). The van der Waals surface area contributed by atoms with Crippen molar-refractivity contribution >= 4 is 0 Å². The third-order valence-electron chi connectivity index (χ3n) is 3.90. The van der Waals surface area contributed by atoms with Gasteiger partial charge in [0.1, 0.15) is 0 Å². The van der Waals surface area contributed by atoms with E-state index < -0.39 is 17.0 Å². The van der Waals surface area contributed by atoms with Crippen LogP contribution in [0.4, 0.5) is 0 Å². The van der Waals surface area contributed by atoms with Crippen molar-refractivity contribution in [2.45, 2.75) is 45.8 Å². The number of hydrogen-bond donors (Lipinski definition) is 1. The molecule has 1 aromatic heterocycles. The number of benzene rings is 1. The predicted molar refractivity (Wildman–Crippen MR) is 85.7 cm³/mol. The fourth-order valence-electron chi connectivity index (χ4n) is 2.26. The zero-order valence-electron chi connectivity index (χ0n) is 13.5. The van der Waals surface area contributed by atoms with Gasteiger partial charge in [-0.3, -0.25) is 0 Å². The third kappa shape index (κ3) is 3.06. The molecular formula is C16H23N3O3. The van der Waals surface area contributed by atoms with Crippen LogP contribution in [0.15, 0.2) is 39.9 Å². The quantitative estimate of drug-likeness (QED) is 0.888. The molecule has 0 amide bonds. The average Bonchev–Trinajstić information content (AvgIpc) is 2.80. The standard InChI is InChI=1S/C16H23N3O3/c1-5-11-22-16(3,4)12(2)19-15(21)18(14(20)17-19)13-9-7-6-8-10-13/h6-10,12H,5,11H2,1-4H3,(H,17,20). The molecule has 2 aromatic rings. The molecule has 1 atom stereocenters. The van der Waals surface area contributed by atoms with E-state index in [2.05, 4.69) is 5.10 Å². The largest absolute Gasteiger partial charge is 0.373 e. The van der Waals surface area contributed by atoms with Crippen molar-refractivity contribution in [3.8, 4) is 5.69 Å². The maximum atomic E-state index is 12.6. The maximum absolute atomic E-state index is 12.6. The summed E-state index contributed by atoms with van der Waals surface area (Å²) >= 11 is 0. The first-order chi connectivity index (χ1) is 10.4. The van der Waals surface area contributed by atoms with E-state index in [1.807, 2.05) is 33.8 Å². The molecule has 0 radical (unpaired) electrons. The van der Waals surface area contributed by atoms with Crippen LogP contribution in [0.25, 0.3) is 5.69 Å². The van der Waals surface area contributed by atoms with E-state index in [0.717, 1.165) is 11.0 Å². The molecule has 1 aromatic carbocycles. The van der Waals surface area contributed by atoms with Crippen molar-refractivity contribution in [1.82, 2.24) is 14.3 Å². The number of aromatic nitrogens is 3. The average molecular weight is 305 g/mol. The molecule has 1 unspecified atom stereocenters. The van der Waals surface area contributed by atoms with E-state index in [4.69, 9.17) is 4.74 Å². The summed E-state index contributed by atoms with van der Waals surface area (Å²) < 4.78 is 8.28. The van der Waals surface area contributed by atoms with Crippen molar-refractivity contribution in [1.29, 1.82) is 0 Å².